The fourth-order valence-electron chi connectivity index (χ4n) is 3.44. The van der Waals surface area contributed by atoms with E-state index in [-0.39, 0.29) is 23.9 Å². The van der Waals surface area contributed by atoms with Crippen molar-refractivity contribution in [3.63, 3.8) is 0 Å². The van der Waals surface area contributed by atoms with E-state index in [1.165, 1.54) is 10.9 Å². The minimum Gasteiger partial charge on any atom is -0.497 e. The van der Waals surface area contributed by atoms with Crippen molar-refractivity contribution in [2.45, 2.75) is 13.5 Å². The van der Waals surface area contributed by atoms with Gasteiger partial charge in [-0.15, -0.1) is 11.3 Å². The van der Waals surface area contributed by atoms with Gasteiger partial charge in [0.1, 0.15) is 17.1 Å². The number of ether oxygens (including phenoxy) is 2. The Kier molecular flexibility index (Phi) is 6.01. The number of morpholine rings is 1. The topological polar surface area (TPSA) is 103 Å². The molecule has 1 aliphatic rings. The Morgan fingerprint density at radius 2 is 2.06 bits per heavy atom. The van der Waals surface area contributed by atoms with Crippen molar-refractivity contribution in [3.05, 3.63) is 51.4 Å². The zero-order valence-electron chi connectivity index (χ0n) is 17.2. The van der Waals surface area contributed by atoms with Crippen LogP contribution in [0, 0.1) is 6.92 Å². The first kappa shape index (κ1) is 21.0. The van der Waals surface area contributed by atoms with E-state index in [0.29, 0.717) is 58.4 Å². The maximum absolute atomic E-state index is 13.0. The predicted octanol–water partition coefficient (Wildman–Crippen LogP) is 1.89. The van der Waals surface area contributed by atoms with E-state index in [0.717, 1.165) is 11.3 Å². The molecular formula is C21H22N4O5S. The summed E-state index contributed by atoms with van der Waals surface area (Å²) < 4.78 is 11.7. The molecule has 0 radical (unpaired) electrons. The lowest BCUT2D eigenvalue weighted by Gasteiger charge is -2.26. The lowest BCUT2D eigenvalue weighted by atomic mass is 10.2. The molecule has 2 amide bonds. The SMILES string of the molecule is COc1cccc(NC(=O)c2sc3ncn(CC(=O)N4CCOCC4)c(=O)c3c2C)c1. The van der Waals surface area contributed by atoms with Gasteiger partial charge in [0.25, 0.3) is 11.5 Å². The third-order valence-corrected chi connectivity index (χ3v) is 6.32. The number of hydrogen-bond donors (Lipinski definition) is 1. The Labute approximate surface area is 182 Å². The molecule has 9 nitrogen and oxygen atoms in total. The second-order valence-electron chi connectivity index (χ2n) is 7.09. The Balaban J connectivity index is 1.59. The van der Waals surface area contributed by atoms with Gasteiger partial charge in [-0.25, -0.2) is 4.98 Å². The zero-order chi connectivity index (χ0) is 22.0. The van der Waals surface area contributed by atoms with Gasteiger partial charge in [-0.3, -0.25) is 19.0 Å². The molecule has 0 saturated carbocycles. The number of thiophene rings is 1. The summed E-state index contributed by atoms with van der Waals surface area (Å²) in [7, 11) is 1.55. The number of nitrogens with one attached hydrogen (secondary N) is 1. The molecule has 1 saturated heterocycles. The van der Waals surface area contributed by atoms with Gasteiger partial charge in [0.2, 0.25) is 5.91 Å². The average molecular weight is 442 g/mol. The van der Waals surface area contributed by atoms with Crippen molar-refractivity contribution >= 4 is 39.1 Å². The molecule has 0 aliphatic carbocycles. The number of aryl methyl sites for hydroxylation is 1. The molecular weight excluding hydrogens is 420 g/mol. The lowest BCUT2D eigenvalue weighted by Crippen LogP contribution is -2.43. The van der Waals surface area contributed by atoms with Crippen LogP contribution in [0.2, 0.25) is 0 Å². The minimum absolute atomic E-state index is 0.0948. The fourth-order valence-corrected chi connectivity index (χ4v) is 4.47. The maximum Gasteiger partial charge on any atom is 0.266 e. The van der Waals surface area contributed by atoms with Gasteiger partial charge in [-0.1, -0.05) is 6.07 Å². The van der Waals surface area contributed by atoms with Gasteiger partial charge in [0.05, 0.1) is 36.9 Å². The highest BCUT2D eigenvalue weighted by atomic mass is 32.1. The van der Waals surface area contributed by atoms with Gasteiger partial charge < -0.3 is 19.7 Å². The van der Waals surface area contributed by atoms with E-state index in [9.17, 15) is 14.4 Å². The van der Waals surface area contributed by atoms with Crippen molar-refractivity contribution < 1.29 is 19.1 Å². The highest BCUT2D eigenvalue weighted by Crippen LogP contribution is 2.28. The molecule has 0 unspecified atom stereocenters. The summed E-state index contributed by atoms with van der Waals surface area (Å²) in [4.78, 5) is 45.3. The van der Waals surface area contributed by atoms with E-state index in [2.05, 4.69) is 10.3 Å². The molecule has 1 aliphatic heterocycles. The smallest absolute Gasteiger partial charge is 0.266 e. The number of methoxy groups -OCH3 is 1. The van der Waals surface area contributed by atoms with Crippen LogP contribution in [-0.2, 0) is 16.1 Å². The lowest BCUT2D eigenvalue weighted by molar-refractivity contribution is -0.135. The van der Waals surface area contributed by atoms with Gasteiger partial charge in [-0.05, 0) is 24.6 Å². The summed E-state index contributed by atoms with van der Waals surface area (Å²) in [5, 5.41) is 3.19. The molecule has 1 N–H and O–H groups in total. The summed E-state index contributed by atoms with van der Waals surface area (Å²) >= 11 is 1.15. The van der Waals surface area contributed by atoms with Crippen LogP contribution in [0.25, 0.3) is 10.2 Å². The number of benzene rings is 1. The number of fused-ring (bicyclic) bond motifs is 1. The number of nitrogens with zero attached hydrogens (tertiary/aromatic N) is 3. The number of hydrogen-bond acceptors (Lipinski definition) is 7. The summed E-state index contributed by atoms with van der Waals surface area (Å²) in [6.07, 6.45) is 1.36. The number of anilines is 1. The Bertz CT molecular complexity index is 1200. The first-order valence-electron chi connectivity index (χ1n) is 9.77. The second kappa shape index (κ2) is 8.86. The van der Waals surface area contributed by atoms with Gasteiger partial charge >= 0.3 is 0 Å². The molecule has 1 fully saturated rings. The molecule has 0 spiro atoms. The van der Waals surface area contributed by atoms with Crippen molar-refractivity contribution in [2.24, 2.45) is 0 Å². The summed E-state index contributed by atoms with van der Waals surface area (Å²) in [6.45, 7) is 3.63. The standard InChI is InChI=1S/C21H22N4O5S/c1-13-17-20(31-18(13)19(27)23-14-4-3-5-15(10-14)29-2)22-12-25(21(17)28)11-16(26)24-6-8-30-9-7-24/h3-5,10,12H,6-9,11H2,1-2H3,(H,23,27). The van der Waals surface area contributed by atoms with Crippen LogP contribution in [0.4, 0.5) is 5.69 Å². The normalized spacial score (nSPS) is 13.9. The number of aromatic nitrogens is 2. The van der Waals surface area contributed by atoms with Crippen molar-refractivity contribution in [1.82, 2.24) is 14.5 Å². The van der Waals surface area contributed by atoms with E-state index in [1.807, 2.05) is 0 Å². The Hall–Kier alpha value is -3.24. The second-order valence-corrected chi connectivity index (χ2v) is 8.09. The van der Waals surface area contributed by atoms with Crippen LogP contribution < -0.4 is 15.6 Å². The van der Waals surface area contributed by atoms with Gasteiger partial charge in [-0.2, -0.15) is 0 Å². The number of carbonyl (C=O) groups excluding carboxylic acids is 2. The molecule has 0 bridgehead atoms. The molecule has 31 heavy (non-hydrogen) atoms. The summed E-state index contributed by atoms with van der Waals surface area (Å²) in [5.41, 5.74) is 0.801. The predicted molar refractivity (Wildman–Crippen MR) is 117 cm³/mol. The largest absolute Gasteiger partial charge is 0.497 e. The van der Waals surface area contributed by atoms with Gasteiger partial charge in [0.15, 0.2) is 0 Å². The van der Waals surface area contributed by atoms with E-state index >= 15 is 0 Å². The number of amides is 2. The van der Waals surface area contributed by atoms with E-state index < -0.39 is 0 Å². The van der Waals surface area contributed by atoms with Crippen molar-refractivity contribution in [3.8, 4) is 5.75 Å². The van der Waals surface area contributed by atoms with Crippen LogP contribution in [-0.4, -0.2) is 59.7 Å². The van der Waals surface area contributed by atoms with E-state index in [4.69, 9.17) is 9.47 Å². The van der Waals surface area contributed by atoms with Crippen molar-refractivity contribution in [1.29, 1.82) is 0 Å². The third-order valence-electron chi connectivity index (χ3n) is 5.12. The molecule has 1 aromatic carbocycles. The van der Waals surface area contributed by atoms with Gasteiger partial charge in [0, 0.05) is 24.8 Å². The monoisotopic (exact) mass is 442 g/mol. The van der Waals surface area contributed by atoms with Crippen LogP contribution in [0.1, 0.15) is 15.2 Å². The molecule has 3 heterocycles. The first-order chi connectivity index (χ1) is 15.0. The quantitative estimate of drug-likeness (QED) is 0.647. The van der Waals surface area contributed by atoms with Crippen LogP contribution in [0.3, 0.4) is 0 Å². The molecule has 2 aromatic heterocycles. The fraction of sp³-hybridized carbons (Fsp3) is 0.333. The molecule has 10 heteroatoms. The summed E-state index contributed by atoms with van der Waals surface area (Å²) in [5.74, 6) is 0.139. The zero-order valence-corrected chi connectivity index (χ0v) is 18.0. The third kappa shape index (κ3) is 4.30. The molecule has 162 valence electrons. The Morgan fingerprint density at radius 1 is 1.29 bits per heavy atom. The van der Waals surface area contributed by atoms with Crippen LogP contribution >= 0.6 is 11.3 Å². The molecule has 0 atom stereocenters. The maximum atomic E-state index is 13.0. The van der Waals surface area contributed by atoms with E-state index in [1.54, 1.807) is 43.2 Å². The van der Waals surface area contributed by atoms with Crippen LogP contribution in [0.5, 0.6) is 5.75 Å². The average Bonchev–Trinajstić information content (AvgIpc) is 3.13. The number of carbonyl (C=O) groups is 2. The minimum atomic E-state index is -0.333. The molecule has 4 rings (SSSR count). The van der Waals surface area contributed by atoms with Crippen molar-refractivity contribution in [2.75, 3.05) is 38.7 Å². The molecule has 3 aromatic rings. The highest BCUT2D eigenvalue weighted by Gasteiger charge is 2.22. The first-order valence-corrected chi connectivity index (χ1v) is 10.6. The Morgan fingerprint density at radius 3 is 2.81 bits per heavy atom. The number of rotatable bonds is 5. The highest BCUT2D eigenvalue weighted by molar-refractivity contribution is 7.20. The van der Waals surface area contributed by atoms with Crippen LogP contribution in [0.15, 0.2) is 35.4 Å². The summed E-state index contributed by atoms with van der Waals surface area (Å²) in [6, 6.07) is 7.03.